The number of amides is 1. The van der Waals surface area contributed by atoms with Gasteiger partial charge in [-0.3, -0.25) is 4.79 Å². The van der Waals surface area contributed by atoms with Crippen molar-refractivity contribution in [2.45, 2.75) is 12.5 Å². The van der Waals surface area contributed by atoms with E-state index in [0.717, 1.165) is 16.7 Å². The number of rotatable bonds is 5. The van der Waals surface area contributed by atoms with E-state index >= 15 is 0 Å². The second-order valence-electron chi connectivity index (χ2n) is 4.67. The van der Waals surface area contributed by atoms with Crippen molar-refractivity contribution in [3.8, 4) is 0 Å². The maximum Gasteiger partial charge on any atom is 0.238 e. The Morgan fingerprint density at radius 1 is 1.00 bits per heavy atom. The fraction of sp³-hybridized carbons (Fsp3) is 0.118. The van der Waals surface area contributed by atoms with Crippen LogP contribution >= 0.6 is 0 Å². The molecule has 0 fully saturated rings. The van der Waals surface area contributed by atoms with Gasteiger partial charge in [-0.2, -0.15) is 0 Å². The third-order valence-corrected chi connectivity index (χ3v) is 3.11. The van der Waals surface area contributed by atoms with Crippen LogP contribution < -0.4 is 11.5 Å². The molecule has 0 heterocycles. The predicted molar refractivity (Wildman–Crippen MR) is 81.7 cm³/mol. The molecule has 0 aliphatic rings. The molecule has 1 atom stereocenters. The molecular formula is C17H18N2O. The van der Waals surface area contributed by atoms with Gasteiger partial charge in [0.2, 0.25) is 5.91 Å². The number of nitrogens with two attached hydrogens (primary N) is 2. The van der Waals surface area contributed by atoms with Crippen molar-refractivity contribution in [2.24, 2.45) is 11.5 Å². The summed E-state index contributed by atoms with van der Waals surface area (Å²) in [6.45, 7) is 0. The quantitative estimate of drug-likeness (QED) is 0.870. The lowest BCUT2D eigenvalue weighted by Crippen LogP contribution is -2.38. The molecule has 1 unspecified atom stereocenters. The fourth-order valence-electron chi connectivity index (χ4n) is 2.03. The van der Waals surface area contributed by atoms with Crippen molar-refractivity contribution in [3.63, 3.8) is 0 Å². The lowest BCUT2D eigenvalue weighted by molar-refractivity contribution is -0.118. The summed E-state index contributed by atoms with van der Waals surface area (Å²) in [6.07, 6.45) is 2.54. The first-order valence-corrected chi connectivity index (χ1v) is 6.51. The van der Waals surface area contributed by atoms with Crippen LogP contribution in [0, 0.1) is 0 Å². The van der Waals surface area contributed by atoms with E-state index in [0.29, 0.717) is 6.42 Å². The minimum absolute atomic E-state index is 0.511. The molecule has 2 rings (SSSR count). The van der Waals surface area contributed by atoms with Gasteiger partial charge in [0.15, 0.2) is 0 Å². The van der Waals surface area contributed by atoms with Crippen molar-refractivity contribution in [1.82, 2.24) is 0 Å². The van der Waals surface area contributed by atoms with Gasteiger partial charge >= 0.3 is 0 Å². The van der Waals surface area contributed by atoms with Gasteiger partial charge in [-0.15, -0.1) is 0 Å². The van der Waals surface area contributed by atoms with Gasteiger partial charge in [-0.25, -0.2) is 0 Å². The molecule has 2 aromatic rings. The lowest BCUT2D eigenvalue weighted by Gasteiger charge is -2.13. The molecule has 3 heteroatoms. The second-order valence-corrected chi connectivity index (χ2v) is 4.67. The van der Waals surface area contributed by atoms with Crippen molar-refractivity contribution < 1.29 is 4.79 Å². The number of benzene rings is 2. The number of carbonyl (C=O) groups is 1. The van der Waals surface area contributed by atoms with Crippen LogP contribution in [0.4, 0.5) is 0 Å². The van der Waals surface area contributed by atoms with Crippen LogP contribution in [0.25, 0.3) is 6.08 Å². The molecule has 0 saturated carbocycles. The van der Waals surface area contributed by atoms with Gasteiger partial charge in [0.05, 0.1) is 0 Å². The minimum Gasteiger partial charge on any atom is -0.368 e. The zero-order valence-electron chi connectivity index (χ0n) is 11.2. The van der Waals surface area contributed by atoms with Gasteiger partial charge in [0, 0.05) is 0 Å². The van der Waals surface area contributed by atoms with E-state index in [9.17, 15) is 4.79 Å². The topological polar surface area (TPSA) is 69.1 Å². The largest absolute Gasteiger partial charge is 0.368 e. The molecule has 0 aromatic heterocycles. The van der Waals surface area contributed by atoms with Gasteiger partial charge in [0.1, 0.15) is 6.04 Å². The Labute approximate surface area is 118 Å². The van der Waals surface area contributed by atoms with Gasteiger partial charge < -0.3 is 11.5 Å². The molecule has 4 N–H and O–H groups in total. The smallest absolute Gasteiger partial charge is 0.238 e. The molecule has 0 aliphatic carbocycles. The average molecular weight is 266 g/mol. The summed E-state index contributed by atoms with van der Waals surface area (Å²) < 4.78 is 0. The average Bonchev–Trinajstić information content (AvgIpc) is 2.48. The van der Waals surface area contributed by atoms with E-state index < -0.39 is 11.9 Å². The summed E-state index contributed by atoms with van der Waals surface area (Å²) in [5, 5.41) is 0. The predicted octanol–water partition coefficient (Wildman–Crippen LogP) is 2.13. The van der Waals surface area contributed by atoms with E-state index in [1.807, 2.05) is 66.7 Å². The monoisotopic (exact) mass is 266 g/mol. The van der Waals surface area contributed by atoms with Crippen LogP contribution in [0.1, 0.15) is 11.1 Å². The Balaban J connectivity index is 2.30. The summed E-state index contributed by atoms with van der Waals surface area (Å²) in [7, 11) is 0. The first-order valence-electron chi connectivity index (χ1n) is 6.51. The van der Waals surface area contributed by atoms with Crippen LogP contribution in [0.5, 0.6) is 0 Å². The van der Waals surface area contributed by atoms with Crippen LogP contribution in [0.2, 0.25) is 0 Å². The molecule has 0 spiro atoms. The molecule has 0 aliphatic heterocycles. The van der Waals surface area contributed by atoms with E-state index in [-0.39, 0.29) is 0 Å². The van der Waals surface area contributed by atoms with Crippen LogP contribution in [0.15, 0.2) is 66.2 Å². The summed E-state index contributed by atoms with van der Waals surface area (Å²) in [6, 6.07) is 18.9. The van der Waals surface area contributed by atoms with E-state index in [2.05, 4.69) is 0 Å². The highest BCUT2D eigenvalue weighted by molar-refractivity contribution is 5.84. The van der Waals surface area contributed by atoms with E-state index in [1.54, 1.807) is 0 Å². The molecule has 20 heavy (non-hydrogen) atoms. The molecule has 0 saturated heterocycles. The number of primary amides is 1. The van der Waals surface area contributed by atoms with E-state index in [1.165, 1.54) is 0 Å². The maximum absolute atomic E-state index is 11.4. The highest BCUT2D eigenvalue weighted by atomic mass is 16.1. The highest BCUT2D eigenvalue weighted by Crippen LogP contribution is 2.15. The standard InChI is InChI=1S/C17H18N2O/c18-16(17(19)20)15(11-13-7-3-1-4-8-13)12-14-9-5-2-6-10-14/h1-11,16H,12,18H2,(H2,19,20). The van der Waals surface area contributed by atoms with E-state index in [4.69, 9.17) is 11.5 Å². The molecule has 3 nitrogen and oxygen atoms in total. The fourth-order valence-corrected chi connectivity index (χ4v) is 2.03. The number of carbonyl (C=O) groups excluding carboxylic acids is 1. The van der Waals surface area contributed by atoms with Crippen LogP contribution in [-0.4, -0.2) is 11.9 Å². The van der Waals surface area contributed by atoms with Gasteiger partial charge in [-0.1, -0.05) is 66.7 Å². The minimum atomic E-state index is -0.768. The van der Waals surface area contributed by atoms with Gasteiger partial charge in [0.25, 0.3) is 0 Å². The van der Waals surface area contributed by atoms with Crippen LogP contribution in [0.3, 0.4) is 0 Å². The zero-order chi connectivity index (χ0) is 14.4. The third kappa shape index (κ3) is 3.80. The summed E-state index contributed by atoms with van der Waals surface area (Å²) in [5.41, 5.74) is 14.2. The first-order chi connectivity index (χ1) is 9.66. The molecule has 102 valence electrons. The Morgan fingerprint density at radius 2 is 1.55 bits per heavy atom. The summed E-state index contributed by atoms with van der Waals surface area (Å²) in [4.78, 5) is 11.4. The SMILES string of the molecule is NC(=O)C(N)C(=Cc1ccccc1)Cc1ccccc1. The molecule has 1 amide bonds. The number of hydrogen-bond acceptors (Lipinski definition) is 2. The first kappa shape index (κ1) is 14.0. The van der Waals surface area contributed by atoms with Crippen molar-refractivity contribution in [1.29, 1.82) is 0 Å². The normalized spacial score (nSPS) is 12.9. The molecule has 0 radical (unpaired) electrons. The van der Waals surface area contributed by atoms with Crippen molar-refractivity contribution in [3.05, 3.63) is 77.4 Å². The third-order valence-electron chi connectivity index (χ3n) is 3.11. The van der Waals surface area contributed by atoms with Crippen LogP contribution in [-0.2, 0) is 11.2 Å². The van der Waals surface area contributed by atoms with Crippen molar-refractivity contribution in [2.75, 3.05) is 0 Å². The molecule has 0 bridgehead atoms. The molecular weight excluding hydrogens is 248 g/mol. The lowest BCUT2D eigenvalue weighted by atomic mass is 9.96. The Hall–Kier alpha value is -2.39. The van der Waals surface area contributed by atoms with Gasteiger partial charge in [-0.05, 0) is 23.1 Å². The Kier molecular flexibility index (Phi) is 4.69. The second kappa shape index (κ2) is 6.68. The maximum atomic E-state index is 11.4. The highest BCUT2D eigenvalue weighted by Gasteiger charge is 2.15. The van der Waals surface area contributed by atoms with Crippen molar-refractivity contribution >= 4 is 12.0 Å². The summed E-state index contributed by atoms with van der Waals surface area (Å²) >= 11 is 0. The Morgan fingerprint density at radius 3 is 2.10 bits per heavy atom. The number of hydrogen-bond donors (Lipinski definition) is 2. The molecule has 2 aromatic carbocycles. The Bertz CT molecular complexity index is 591. The summed E-state index contributed by atoms with van der Waals surface area (Å²) in [5.74, 6) is -0.511. The zero-order valence-corrected chi connectivity index (χ0v) is 11.2.